The first-order valence-electron chi connectivity index (χ1n) is 13.1. The van der Waals surface area contributed by atoms with Crippen LogP contribution in [0.25, 0.3) is 0 Å². The van der Waals surface area contributed by atoms with Crippen molar-refractivity contribution in [3.63, 3.8) is 0 Å². The Morgan fingerprint density at radius 1 is 0.309 bits per heavy atom. The minimum absolute atomic E-state index is 1.53. The molecule has 3 nitrogen and oxygen atoms in total. The smallest absolute Gasteiger partial charge is 0.396 e. The van der Waals surface area contributed by atoms with Crippen molar-refractivity contribution in [2.75, 3.05) is 33.0 Å². The minimum atomic E-state index is -8.61. The summed E-state index contributed by atoms with van der Waals surface area (Å²) in [4.78, 5) is 0. The highest BCUT2D eigenvalue weighted by Gasteiger charge is 2.94. The number of aliphatic hydroxyl groups is 1. The van der Waals surface area contributed by atoms with Crippen LogP contribution in [0.15, 0.2) is 0 Å². The van der Waals surface area contributed by atoms with Gasteiger partial charge in [0.15, 0.2) is 0 Å². The van der Waals surface area contributed by atoms with Crippen LogP contribution in [0.5, 0.6) is 0 Å². The van der Waals surface area contributed by atoms with Crippen LogP contribution < -0.4 is 0 Å². The monoisotopic (exact) mass is 898 g/mol. The second-order valence-electron chi connectivity index (χ2n) is 10.8. The molecule has 0 heterocycles. The highest BCUT2D eigenvalue weighted by Crippen LogP contribution is 2.64. The van der Waals surface area contributed by atoms with Crippen molar-refractivity contribution in [1.82, 2.24) is 0 Å². The van der Waals surface area contributed by atoms with E-state index in [0.29, 0.717) is 0 Å². The van der Waals surface area contributed by atoms with E-state index in [4.69, 9.17) is 5.11 Å². The van der Waals surface area contributed by atoms with E-state index in [0.717, 1.165) is 0 Å². The summed E-state index contributed by atoms with van der Waals surface area (Å²) in [7, 11) is 0. The van der Waals surface area contributed by atoms with Gasteiger partial charge in [-0.1, -0.05) is 0 Å². The van der Waals surface area contributed by atoms with E-state index >= 15 is 0 Å². The Balaban J connectivity index is 5.69. The topological polar surface area (TPSA) is 38.7 Å². The molecule has 332 valence electrons. The molecule has 55 heavy (non-hydrogen) atoms. The highest BCUT2D eigenvalue weighted by molar-refractivity contribution is 5.14. The third-order valence-corrected chi connectivity index (χ3v) is 6.87. The normalized spacial score (nSPS) is 16.4. The largest absolute Gasteiger partial charge is 0.460 e. The lowest BCUT2D eigenvalue weighted by Gasteiger charge is -2.41. The molecular weight excluding hydrogens is 882 g/mol. The summed E-state index contributed by atoms with van der Waals surface area (Å²) < 4.78 is 403. The third kappa shape index (κ3) is 8.37. The average Bonchev–Trinajstić information content (AvgIpc) is 2.97. The number of alkyl halides is 30. The number of hydrogen-bond donors (Lipinski definition) is 1. The van der Waals surface area contributed by atoms with Crippen molar-refractivity contribution in [3.05, 3.63) is 0 Å². The second-order valence-corrected chi connectivity index (χ2v) is 10.8. The van der Waals surface area contributed by atoms with Gasteiger partial charge in [0.1, 0.15) is 0 Å². The summed E-state index contributed by atoms with van der Waals surface area (Å²) in [6, 6.07) is 0. The standard InChI is InChI=1S/C22H16F30O3/c23-9(24,11(27,28)13(31,32)15(35,36)17(39,40)19(43,44)21(47,48)49)1-3-54-6-8(5-53)7-55-4-2-10(25,26)12(29,30)14(33,34)16(37,38)18(41,42)20(45,46)22(50,51)52/h8,53H,1-7H2. The van der Waals surface area contributed by atoms with Crippen molar-refractivity contribution in [3.8, 4) is 0 Å². The van der Waals surface area contributed by atoms with Crippen molar-refractivity contribution in [2.24, 2.45) is 5.92 Å². The lowest BCUT2D eigenvalue weighted by Crippen LogP contribution is -2.72. The van der Waals surface area contributed by atoms with E-state index < -0.39 is 135 Å². The first kappa shape index (κ1) is 52.8. The fourth-order valence-corrected chi connectivity index (χ4v) is 3.37. The van der Waals surface area contributed by atoms with E-state index in [2.05, 4.69) is 9.47 Å². The first-order valence-corrected chi connectivity index (χ1v) is 13.1. The van der Waals surface area contributed by atoms with Crippen LogP contribution in [0.1, 0.15) is 12.8 Å². The summed E-state index contributed by atoms with van der Waals surface area (Å²) in [5, 5.41) is 9.01. The number of ether oxygens (including phenoxy) is 2. The lowest BCUT2D eigenvalue weighted by molar-refractivity contribution is -0.452. The first-order chi connectivity index (χ1) is 23.6. The molecule has 0 radical (unpaired) electrons. The molecule has 0 fully saturated rings. The quantitative estimate of drug-likeness (QED) is 0.0922. The molecule has 0 bridgehead atoms. The molecule has 0 saturated heterocycles. The summed E-state index contributed by atoms with van der Waals surface area (Å²) in [6.07, 6.45) is -21.9. The van der Waals surface area contributed by atoms with Crippen LogP contribution in [0.3, 0.4) is 0 Å². The van der Waals surface area contributed by atoms with Gasteiger partial charge >= 0.3 is 83.4 Å². The highest BCUT2D eigenvalue weighted by atomic mass is 19.4. The number of halogens is 30. The van der Waals surface area contributed by atoms with Crippen molar-refractivity contribution >= 4 is 0 Å². The van der Waals surface area contributed by atoms with E-state index in [1.165, 1.54) is 0 Å². The Labute approximate surface area is 282 Å². The molecule has 1 N–H and O–H groups in total. The maximum absolute atomic E-state index is 13.8. The predicted octanol–water partition coefficient (Wildman–Crippen LogP) is 10.2. The van der Waals surface area contributed by atoms with Gasteiger partial charge in [0.2, 0.25) is 0 Å². The molecule has 0 amide bonds. The molecule has 0 aliphatic heterocycles. The molecule has 0 aromatic carbocycles. The zero-order valence-corrected chi connectivity index (χ0v) is 25.1. The Kier molecular flexibility index (Phi) is 14.6. The average molecular weight is 898 g/mol. The Bertz CT molecular complexity index is 1170. The number of aliphatic hydroxyl groups excluding tert-OH is 1. The van der Waals surface area contributed by atoms with Crippen molar-refractivity contribution in [1.29, 1.82) is 0 Å². The van der Waals surface area contributed by atoms with Crippen LogP contribution in [-0.2, 0) is 9.47 Å². The lowest BCUT2D eigenvalue weighted by atomic mass is 9.90. The van der Waals surface area contributed by atoms with E-state index in [1.54, 1.807) is 0 Å². The van der Waals surface area contributed by atoms with E-state index in [9.17, 15) is 132 Å². The van der Waals surface area contributed by atoms with Crippen LogP contribution in [0.4, 0.5) is 132 Å². The SMILES string of the molecule is OCC(COCCC(F)(F)C(F)(F)C(F)(F)C(F)(F)C(F)(F)C(F)(F)C(F)(F)F)COCCC(F)(F)C(F)(F)C(F)(F)C(F)(F)C(F)(F)C(F)(F)C(F)(F)F. The second kappa shape index (κ2) is 15.2. The minimum Gasteiger partial charge on any atom is -0.396 e. The molecule has 0 aliphatic rings. The summed E-state index contributed by atoms with van der Waals surface area (Å²) in [5.41, 5.74) is 0. The fraction of sp³-hybridized carbons (Fsp3) is 1.00. The molecule has 0 aliphatic carbocycles. The van der Waals surface area contributed by atoms with Gasteiger partial charge in [0, 0.05) is 18.8 Å². The molecule has 0 unspecified atom stereocenters. The Hall–Kier alpha value is -2.22. The van der Waals surface area contributed by atoms with Gasteiger partial charge in [0.25, 0.3) is 0 Å². The van der Waals surface area contributed by atoms with Gasteiger partial charge in [-0.15, -0.1) is 0 Å². The number of hydrogen-bond acceptors (Lipinski definition) is 3. The van der Waals surface area contributed by atoms with Crippen LogP contribution >= 0.6 is 0 Å². The molecule has 0 rings (SSSR count). The summed E-state index contributed by atoms with van der Waals surface area (Å²) >= 11 is 0. The Morgan fingerprint density at radius 2 is 0.509 bits per heavy atom. The van der Waals surface area contributed by atoms with Gasteiger partial charge < -0.3 is 14.6 Å². The molecular formula is C22H16F30O3. The van der Waals surface area contributed by atoms with Gasteiger partial charge in [-0.2, -0.15) is 132 Å². The van der Waals surface area contributed by atoms with Gasteiger partial charge in [-0.05, 0) is 0 Å². The molecule has 0 saturated carbocycles. The molecule has 0 atom stereocenters. The number of rotatable bonds is 21. The van der Waals surface area contributed by atoms with Gasteiger partial charge in [-0.3, -0.25) is 0 Å². The summed E-state index contributed by atoms with van der Waals surface area (Å²) in [5.74, 6) is -99.2. The molecule has 33 heteroatoms. The molecule has 0 aromatic rings. The zero-order valence-electron chi connectivity index (χ0n) is 25.1. The zero-order chi connectivity index (χ0) is 44.9. The Morgan fingerprint density at radius 3 is 0.709 bits per heavy atom. The van der Waals surface area contributed by atoms with Crippen LogP contribution in [-0.4, -0.2) is 122 Å². The van der Waals surface area contributed by atoms with Crippen molar-refractivity contribution in [2.45, 2.75) is 96.3 Å². The van der Waals surface area contributed by atoms with Crippen LogP contribution in [0.2, 0.25) is 0 Å². The molecule has 0 aromatic heterocycles. The molecule has 0 spiro atoms. The third-order valence-electron chi connectivity index (χ3n) is 6.87. The maximum Gasteiger partial charge on any atom is 0.460 e. The van der Waals surface area contributed by atoms with Gasteiger partial charge in [0.05, 0.1) is 33.0 Å². The van der Waals surface area contributed by atoms with Gasteiger partial charge in [-0.25, -0.2) is 0 Å². The fourth-order valence-electron chi connectivity index (χ4n) is 3.37. The maximum atomic E-state index is 13.8. The van der Waals surface area contributed by atoms with Crippen molar-refractivity contribution < 1.29 is 146 Å². The van der Waals surface area contributed by atoms with E-state index in [1.807, 2.05) is 0 Å². The summed E-state index contributed by atoms with van der Waals surface area (Å²) in [6.45, 7) is -9.03. The van der Waals surface area contributed by atoms with Crippen LogP contribution in [0, 0.1) is 5.92 Å². The van der Waals surface area contributed by atoms with E-state index in [-0.39, 0.29) is 0 Å². The predicted molar refractivity (Wildman–Crippen MR) is 113 cm³/mol.